The first kappa shape index (κ1) is 35.9. The number of ether oxygens (including phenoxy) is 1. The first-order valence-electron chi connectivity index (χ1n) is 17.4. The van der Waals surface area contributed by atoms with Gasteiger partial charge in [0.05, 0.1) is 42.7 Å². The number of aromatic nitrogens is 6. The minimum absolute atomic E-state index is 0.313. The molecule has 0 bridgehead atoms. The number of aromatic carboxylic acids is 1. The van der Waals surface area contributed by atoms with Gasteiger partial charge in [0, 0.05) is 75.2 Å². The molecular weight excluding hydrogens is 620 g/mol. The van der Waals surface area contributed by atoms with E-state index in [1.165, 1.54) is 19.0 Å². The third kappa shape index (κ3) is 8.60. The molecule has 0 spiro atoms. The van der Waals surface area contributed by atoms with Crippen LogP contribution >= 0.6 is 0 Å². The molecule has 1 N–H and O–H groups in total. The van der Waals surface area contributed by atoms with Crippen molar-refractivity contribution >= 4 is 11.9 Å². The maximum atomic E-state index is 11.9. The normalized spacial score (nSPS) is 16.3. The predicted octanol–water partition coefficient (Wildman–Crippen LogP) is 5.15. The number of carboxylic acid groups (broad SMARTS) is 1. The molecule has 0 aliphatic carbocycles. The van der Waals surface area contributed by atoms with Gasteiger partial charge in [-0.15, -0.1) is 0 Å². The number of hydrogen-bond acceptors (Lipinski definition) is 9. The summed E-state index contributed by atoms with van der Waals surface area (Å²) < 4.78 is 9.16. The SMILES string of the molecule is CCN1CCC(n2ncc(Cc3cnccc3C(=O)O)c2C)CC1.CCN1CCC(n2ncc(Cc3cnccc3C(=O)OC)c2C)CC1. The molecule has 0 unspecified atom stereocenters. The second-order valence-electron chi connectivity index (χ2n) is 12.9. The van der Waals surface area contributed by atoms with Crippen LogP contribution in [0.1, 0.15) is 106 Å². The zero-order valence-electron chi connectivity index (χ0n) is 29.5. The zero-order valence-corrected chi connectivity index (χ0v) is 29.5. The number of piperidine rings is 2. The van der Waals surface area contributed by atoms with E-state index in [-0.39, 0.29) is 5.97 Å². The number of rotatable bonds is 10. The summed E-state index contributed by atoms with van der Waals surface area (Å²) >= 11 is 0. The van der Waals surface area contributed by atoms with Crippen LogP contribution in [0.25, 0.3) is 0 Å². The predicted molar refractivity (Wildman–Crippen MR) is 187 cm³/mol. The Morgan fingerprint density at radius 2 is 1.14 bits per heavy atom. The third-order valence-corrected chi connectivity index (χ3v) is 10.2. The van der Waals surface area contributed by atoms with Crippen molar-refractivity contribution in [2.75, 3.05) is 46.4 Å². The lowest BCUT2D eigenvalue weighted by Crippen LogP contribution is -2.34. The van der Waals surface area contributed by atoms with E-state index in [0.717, 1.165) is 92.9 Å². The Labute approximate surface area is 289 Å². The van der Waals surface area contributed by atoms with E-state index in [0.29, 0.717) is 36.1 Å². The molecule has 0 saturated carbocycles. The molecule has 4 aromatic heterocycles. The first-order valence-corrected chi connectivity index (χ1v) is 17.4. The minimum atomic E-state index is -0.913. The summed E-state index contributed by atoms with van der Waals surface area (Å²) in [4.78, 5) is 36.5. The van der Waals surface area contributed by atoms with Crippen molar-refractivity contribution in [1.29, 1.82) is 0 Å². The van der Waals surface area contributed by atoms with Crippen molar-refractivity contribution in [2.24, 2.45) is 0 Å². The van der Waals surface area contributed by atoms with Crippen LogP contribution in [0.2, 0.25) is 0 Å². The highest BCUT2D eigenvalue weighted by Gasteiger charge is 2.24. The number of esters is 1. The van der Waals surface area contributed by atoms with Crippen LogP contribution in [0, 0.1) is 13.8 Å². The smallest absolute Gasteiger partial charge is 0.338 e. The average Bonchev–Trinajstić information content (AvgIpc) is 3.69. The number of nitrogens with zero attached hydrogens (tertiary/aromatic N) is 8. The summed E-state index contributed by atoms with van der Waals surface area (Å²) in [6, 6.07) is 4.17. The maximum absolute atomic E-state index is 11.9. The summed E-state index contributed by atoms with van der Waals surface area (Å²) in [7, 11) is 1.40. The van der Waals surface area contributed by atoms with E-state index in [1.807, 2.05) is 12.4 Å². The van der Waals surface area contributed by atoms with Gasteiger partial charge in [0.2, 0.25) is 0 Å². The summed E-state index contributed by atoms with van der Waals surface area (Å²) in [5.41, 5.74) is 7.00. The minimum Gasteiger partial charge on any atom is -0.478 e. The number of methoxy groups -OCH3 is 1. The third-order valence-electron chi connectivity index (χ3n) is 10.2. The van der Waals surface area contributed by atoms with Gasteiger partial charge >= 0.3 is 11.9 Å². The number of carboxylic acids is 1. The van der Waals surface area contributed by atoms with Crippen molar-refractivity contribution in [3.05, 3.63) is 94.1 Å². The van der Waals surface area contributed by atoms with Gasteiger partial charge in [-0.25, -0.2) is 9.59 Å². The molecular formula is C37H50N8O4. The molecule has 2 aliphatic rings. The largest absolute Gasteiger partial charge is 0.478 e. The zero-order chi connectivity index (χ0) is 34.9. The molecule has 6 rings (SSSR count). The highest BCUT2D eigenvalue weighted by molar-refractivity contribution is 5.91. The lowest BCUT2D eigenvalue weighted by atomic mass is 10.0. The van der Waals surface area contributed by atoms with Gasteiger partial charge in [0.1, 0.15) is 0 Å². The van der Waals surface area contributed by atoms with Crippen LogP contribution in [0.5, 0.6) is 0 Å². The second-order valence-corrected chi connectivity index (χ2v) is 12.9. The molecule has 262 valence electrons. The second kappa shape index (κ2) is 16.8. The highest BCUT2D eigenvalue weighted by Crippen LogP contribution is 2.27. The number of carbonyl (C=O) groups excluding carboxylic acids is 1. The standard InChI is InChI=1S/C19H26N4O2.C18H24N4O2/c1-4-22-9-6-17(7-10-22)23-14(2)15(13-21-23)11-16-12-20-8-5-18(16)19(24)25-3;1-3-21-8-5-16(6-9-21)22-13(2)14(12-20-22)10-15-11-19-7-4-17(15)18(23)24/h5,8,12-13,17H,4,6-7,9-11H2,1-3H3;4,7,11-12,16H,3,5-6,8-10H2,1-2H3,(H,23,24). The molecule has 2 aliphatic heterocycles. The molecule has 0 amide bonds. The Hall–Kier alpha value is -4.42. The molecule has 0 atom stereocenters. The van der Waals surface area contributed by atoms with Crippen LogP contribution in [-0.2, 0) is 17.6 Å². The molecule has 2 saturated heterocycles. The van der Waals surface area contributed by atoms with Gasteiger partial charge in [-0.2, -0.15) is 10.2 Å². The Bertz CT molecular complexity index is 1700. The Morgan fingerprint density at radius 1 is 0.714 bits per heavy atom. The summed E-state index contributed by atoms with van der Waals surface area (Å²) in [6.45, 7) is 15.3. The van der Waals surface area contributed by atoms with Crippen LogP contribution < -0.4 is 0 Å². The topological polar surface area (TPSA) is 131 Å². The fourth-order valence-electron chi connectivity index (χ4n) is 7.03. The fraction of sp³-hybridized carbons (Fsp3) is 0.514. The molecule has 2 fully saturated rings. The van der Waals surface area contributed by atoms with Crippen molar-refractivity contribution in [1.82, 2.24) is 39.3 Å². The lowest BCUT2D eigenvalue weighted by molar-refractivity contribution is 0.0598. The van der Waals surface area contributed by atoms with Crippen molar-refractivity contribution in [3.63, 3.8) is 0 Å². The van der Waals surface area contributed by atoms with E-state index >= 15 is 0 Å². The van der Waals surface area contributed by atoms with Crippen LogP contribution in [0.4, 0.5) is 0 Å². The van der Waals surface area contributed by atoms with E-state index in [2.05, 4.69) is 67.0 Å². The lowest BCUT2D eigenvalue weighted by Gasteiger charge is -2.31. The fourth-order valence-corrected chi connectivity index (χ4v) is 7.03. The monoisotopic (exact) mass is 670 g/mol. The average molecular weight is 671 g/mol. The van der Waals surface area contributed by atoms with Gasteiger partial charge in [-0.05, 0) is 87.0 Å². The van der Waals surface area contributed by atoms with Gasteiger partial charge in [-0.1, -0.05) is 13.8 Å². The van der Waals surface area contributed by atoms with E-state index in [4.69, 9.17) is 4.74 Å². The molecule has 0 aromatic carbocycles. The van der Waals surface area contributed by atoms with Crippen molar-refractivity contribution in [2.45, 2.75) is 78.3 Å². The number of pyridine rings is 2. The molecule has 49 heavy (non-hydrogen) atoms. The van der Waals surface area contributed by atoms with Gasteiger partial charge in [0.15, 0.2) is 0 Å². The number of likely N-dealkylation sites (tertiary alicyclic amines) is 2. The summed E-state index contributed by atoms with van der Waals surface area (Å²) in [5, 5.41) is 18.6. The van der Waals surface area contributed by atoms with E-state index < -0.39 is 5.97 Å². The van der Waals surface area contributed by atoms with Gasteiger partial charge in [0.25, 0.3) is 0 Å². The quantitative estimate of drug-likeness (QED) is 0.226. The maximum Gasteiger partial charge on any atom is 0.338 e. The summed E-state index contributed by atoms with van der Waals surface area (Å²) in [5.74, 6) is -1.24. The molecule has 12 nitrogen and oxygen atoms in total. The van der Waals surface area contributed by atoms with Crippen molar-refractivity contribution < 1.29 is 19.4 Å². The Morgan fingerprint density at radius 3 is 1.55 bits per heavy atom. The molecule has 4 aromatic rings. The molecule has 6 heterocycles. The van der Waals surface area contributed by atoms with Crippen LogP contribution in [-0.4, -0.2) is 103 Å². The first-order chi connectivity index (χ1) is 23.7. The number of hydrogen-bond donors (Lipinski definition) is 1. The highest BCUT2D eigenvalue weighted by atomic mass is 16.5. The summed E-state index contributed by atoms with van der Waals surface area (Å²) in [6.07, 6.45) is 16.0. The van der Waals surface area contributed by atoms with E-state index in [1.54, 1.807) is 30.7 Å². The van der Waals surface area contributed by atoms with Crippen LogP contribution in [0.3, 0.4) is 0 Å². The number of carbonyl (C=O) groups is 2. The molecule has 12 heteroatoms. The Kier molecular flexibility index (Phi) is 12.3. The van der Waals surface area contributed by atoms with Crippen molar-refractivity contribution in [3.8, 4) is 0 Å². The van der Waals surface area contributed by atoms with Gasteiger partial charge < -0.3 is 19.6 Å². The van der Waals surface area contributed by atoms with E-state index in [9.17, 15) is 14.7 Å². The van der Waals surface area contributed by atoms with Gasteiger partial charge in [-0.3, -0.25) is 19.3 Å². The molecule has 0 radical (unpaired) electrons. The Balaban J connectivity index is 0.000000191. The van der Waals surface area contributed by atoms with Crippen LogP contribution in [0.15, 0.2) is 49.3 Å².